The lowest BCUT2D eigenvalue weighted by Gasteiger charge is -2.25. The summed E-state index contributed by atoms with van der Waals surface area (Å²) in [5, 5.41) is 0. The average molecular weight is 347 g/mol. The van der Waals surface area contributed by atoms with Crippen LogP contribution in [0.4, 0.5) is 4.39 Å². The van der Waals surface area contributed by atoms with Crippen LogP contribution in [-0.4, -0.2) is 37.6 Å². The third kappa shape index (κ3) is 3.33. The van der Waals surface area contributed by atoms with Crippen LogP contribution in [0.15, 0.2) is 59.5 Å². The number of hydrogen-bond acceptors (Lipinski definition) is 3. The van der Waals surface area contributed by atoms with Gasteiger partial charge in [0.05, 0.1) is 16.2 Å². The molecule has 1 amide bonds. The number of nitrogens with zero attached hydrogens (tertiary/aromatic N) is 1. The summed E-state index contributed by atoms with van der Waals surface area (Å²) in [5.41, 5.74) is -0.0125. The molecule has 3 rings (SSSR count). The van der Waals surface area contributed by atoms with Gasteiger partial charge in [0, 0.05) is 12.6 Å². The van der Waals surface area contributed by atoms with Gasteiger partial charge in [-0.3, -0.25) is 4.79 Å². The summed E-state index contributed by atoms with van der Waals surface area (Å²) >= 11 is 0. The Balaban J connectivity index is 1.82. The number of carbonyl (C=O) groups excluding carboxylic acids is 1. The van der Waals surface area contributed by atoms with E-state index in [0.717, 1.165) is 6.42 Å². The molecule has 4 nitrogen and oxygen atoms in total. The van der Waals surface area contributed by atoms with Gasteiger partial charge in [0.25, 0.3) is 5.91 Å². The van der Waals surface area contributed by atoms with Crippen LogP contribution < -0.4 is 0 Å². The van der Waals surface area contributed by atoms with E-state index in [1.54, 1.807) is 36.4 Å². The quantitative estimate of drug-likeness (QED) is 0.854. The summed E-state index contributed by atoms with van der Waals surface area (Å²) in [7, 11) is -3.49. The van der Waals surface area contributed by atoms with Crippen molar-refractivity contribution in [1.82, 2.24) is 4.90 Å². The zero-order valence-electron chi connectivity index (χ0n) is 13.1. The molecule has 1 saturated heterocycles. The monoisotopic (exact) mass is 347 g/mol. The van der Waals surface area contributed by atoms with Crippen LogP contribution >= 0.6 is 0 Å². The molecule has 0 saturated carbocycles. The largest absolute Gasteiger partial charge is 0.335 e. The normalized spacial score (nSPS) is 17.9. The first-order chi connectivity index (χ1) is 11.5. The van der Waals surface area contributed by atoms with Crippen molar-refractivity contribution in [3.8, 4) is 0 Å². The van der Waals surface area contributed by atoms with E-state index in [9.17, 15) is 17.6 Å². The first kappa shape index (κ1) is 16.6. The Bertz CT molecular complexity index is 836. The number of amides is 1. The van der Waals surface area contributed by atoms with Crippen LogP contribution in [-0.2, 0) is 9.84 Å². The van der Waals surface area contributed by atoms with Gasteiger partial charge in [0.1, 0.15) is 5.82 Å². The van der Waals surface area contributed by atoms with Crippen molar-refractivity contribution >= 4 is 15.7 Å². The molecule has 0 aliphatic carbocycles. The van der Waals surface area contributed by atoms with E-state index >= 15 is 0 Å². The van der Waals surface area contributed by atoms with Gasteiger partial charge >= 0.3 is 0 Å². The lowest BCUT2D eigenvalue weighted by molar-refractivity contribution is 0.0744. The number of halogens is 1. The molecular formula is C18H18FNO3S. The molecular weight excluding hydrogens is 329 g/mol. The average Bonchev–Trinajstić information content (AvgIpc) is 3.03. The lowest BCUT2D eigenvalue weighted by atomic mass is 10.1. The van der Waals surface area contributed by atoms with E-state index < -0.39 is 27.6 Å². The molecule has 6 heteroatoms. The van der Waals surface area contributed by atoms with Crippen LogP contribution in [0, 0.1) is 5.82 Å². The minimum atomic E-state index is -3.49. The van der Waals surface area contributed by atoms with E-state index in [1.165, 1.54) is 23.1 Å². The summed E-state index contributed by atoms with van der Waals surface area (Å²) in [6, 6.07) is 13.5. The topological polar surface area (TPSA) is 54.5 Å². The minimum Gasteiger partial charge on any atom is -0.335 e. The molecule has 1 aliphatic heterocycles. The number of sulfone groups is 1. The zero-order chi connectivity index (χ0) is 17.2. The minimum absolute atomic E-state index is 0.0125. The van der Waals surface area contributed by atoms with Crippen LogP contribution in [0.3, 0.4) is 0 Å². The highest BCUT2D eigenvalue weighted by Gasteiger charge is 2.34. The van der Waals surface area contributed by atoms with Crippen molar-refractivity contribution in [3.05, 3.63) is 66.0 Å². The van der Waals surface area contributed by atoms with Crippen LogP contribution in [0.25, 0.3) is 0 Å². The second kappa shape index (κ2) is 6.73. The zero-order valence-corrected chi connectivity index (χ0v) is 13.9. The molecule has 1 aliphatic rings. The van der Waals surface area contributed by atoms with Crippen molar-refractivity contribution in [2.24, 2.45) is 0 Å². The van der Waals surface area contributed by atoms with Crippen molar-refractivity contribution < 1.29 is 17.6 Å². The molecule has 1 fully saturated rings. The van der Waals surface area contributed by atoms with E-state index in [0.29, 0.717) is 13.0 Å². The Morgan fingerprint density at radius 2 is 1.75 bits per heavy atom. The maximum absolute atomic E-state index is 13.9. The van der Waals surface area contributed by atoms with Crippen molar-refractivity contribution in [2.45, 2.75) is 23.8 Å². The van der Waals surface area contributed by atoms with Crippen molar-refractivity contribution in [3.63, 3.8) is 0 Å². The highest BCUT2D eigenvalue weighted by molar-refractivity contribution is 7.91. The van der Waals surface area contributed by atoms with Crippen LogP contribution in [0.1, 0.15) is 23.2 Å². The van der Waals surface area contributed by atoms with E-state index in [2.05, 4.69) is 0 Å². The fourth-order valence-electron chi connectivity index (χ4n) is 3.04. The van der Waals surface area contributed by atoms with Gasteiger partial charge in [-0.15, -0.1) is 0 Å². The molecule has 0 bridgehead atoms. The van der Waals surface area contributed by atoms with Gasteiger partial charge in [-0.2, -0.15) is 0 Å². The van der Waals surface area contributed by atoms with E-state index in [4.69, 9.17) is 0 Å². The molecule has 126 valence electrons. The van der Waals surface area contributed by atoms with Crippen LogP contribution in [0.2, 0.25) is 0 Å². The molecule has 1 atom stereocenters. The van der Waals surface area contributed by atoms with Gasteiger partial charge in [-0.1, -0.05) is 30.3 Å². The third-order valence-electron chi connectivity index (χ3n) is 4.26. The summed E-state index contributed by atoms with van der Waals surface area (Å²) in [5.74, 6) is -1.17. The molecule has 0 spiro atoms. The highest BCUT2D eigenvalue weighted by Crippen LogP contribution is 2.24. The molecule has 0 aromatic heterocycles. The van der Waals surface area contributed by atoms with Gasteiger partial charge in [0.2, 0.25) is 0 Å². The second-order valence-electron chi connectivity index (χ2n) is 5.87. The van der Waals surface area contributed by atoms with Gasteiger partial charge in [0.15, 0.2) is 9.84 Å². The molecule has 2 aromatic rings. The fraction of sp³-hybridized carbons (Fsp3) is 0.278. The van der Waals surface area contributed by atoms with E-state index in [1.807, 2.05) is 0 Å². The van der Waals surface area contributed by atoms with Gasteiger partial charge < -0.3 is 4.90 Å². The molecule has 1 unspecified atom stereocenters. The van der Waals surface area contributed by atoms with Gasteiger partial charge in [-0.25, -0.2) is 12.8 Å². The fourth-order valence-corrected chi connectivity index (χ4v) is 4.66. The van der Waals surface area contributed by atoms with Crippen molar-refractivity contribution in [1.29, 1.82) is 0 Å². The first-order valence-electron chi connectivity index (χ1n) is 7.82. The first-order valence-corrected chi connectivity index (χ1v) is 9.47. The summed E-state index contributed by atoms with van der Waals surface area (Å²) in [4.78, 5) is 14.3. The number of benzene rings is 2. The van der Waals surface area contributed by atoms with Crippen LogP contribution in [0.5, 0.6) is 0 Å². The Hall–Kier alpha value is -2.21. The standard InChI is InChI=1S/C18H18FNO3S/c19-17-11-5-4-10-16(17)18(21)20-12-6-7-14(20)13-24(22,23)15-8-2-1-3-9-15/h1-5,8-11,14H,6-7,12-13H2. The third-order valence-corrected chi connectivity index (χ3v) is 6.07. The second-order valence-corrected chi connectivity index (χ2v) is 7.90. The summed E-state index contributed by atoms with van der Waals surface area (Å²) in [6.45, 7) is 0.447. The Morgan fingerprint density at radius 3 is 2.46 bits per heavy atom. The molecule has 0 N–H and O–H groups in total. The molecule has 1 heterocycles. The highest BCUT2D eigenvalue weighted by atomic mass is 32.2. The summed E-state index contributed by atoms with van der Waals surface area (Å²) in [6.07, 6.45) is 1.32. The maximum atomic E-state index is 13.9. The Morgan fingerprint density at radius 1 is 1.08 bits per heavy atom. The smallest absolute Gasteiger partial charge is 0.257 e. The number of carbonyl (C=O) groups is 1. The molecule has 24 heavy (non-hydrogen) atoms. The number of hydrogen-bond donors (Lipinski definition) is 0. The van der Waals surface area contributed by atoms with Crippen molar-refractivity contribution in [2.75, 3.05) is 12.3 Å². The Kier molecular flexibility index (Phi) is 4.66. The summed E-state index contributed by atoms with van der Waals surface area (Å²) < 4.78 is 39.0. The maximum Gasteiger partial charge on any atom is 0.257 e. The van der Waals surface area contributed by atoms with E-state index in [-0.39, 0.29) is 16.2 Å². The SMILES string of the molecule is O=C(c1ccccc1F)N1CCCC1CS(=O)(=O)c1ccccc1. The Labute approximate surface area is 140 Å². The predicted molar refractivity (Wildman–Crippen MR) is 89.0 cm³/mol. The molecule has 0 radical (unpaired) electrons. The lowest BCUT2D eigenvalue weighted by Crippen LogP contribution is -2.40. The predicted octanol–water partition coefficient (Wildman–Crippen LogP) is 2.90. The molecule has 2 aromatic carbocycles. The number of likely N-dealkylation sites (tertiary alicyclic amines) is 1. The van der Waals surface area contributed by atoms with Gasteiger partial charge in [-0.05, 0) is 37.1 Å². The number of rotatable bonds is 4.